The summed E-state index contributed by atoms with van der Waals surface area (Å²) < 4.78 is 1.71. The van der Waals surface area contributed by atoms with Crippen LogP contribution >= 0.6 is 11.8 Å². The molecule has 0 spiro atoms. The van der Waals surface area contributed by atoms with Crippen molar-refractivity contribution in [3.63, 3.8) is 0 Å². The molecule has 0 radical (unpaired) electrons. The van der Waals surface area contributed by atoms with Crippen molar-refractivity contribution in [1.82, 2.24) is 14.8 Å². The van der Waals surface area contributed by atoms with Crippen LogP contribution in [-0.4, -0.2) is 20.5 Å². The largest absolute Gasteiger partial charge is 0.248 e. The molecule has 0 N–H and O–H groups in total. The van der Waals surface area contributed by atoms with Gasteiger partial charge in [-0.1, -0.05) is 23.8 Å². The normalized spacial score (nSPS) is 9.25. The van der Waals surface area contributed by atoms with Crippen LogP contribution in [-0.2, 0) is 6.54 Å². The van der Waals surface area contributed by atoms with Gasteiger partial charge in [0.05, 0.1) is 12.3 Å². The van der Waals surface area contributed by atoms with Gasteiger partial charge >= 0.3 is 0 Å². The lowest BCUT2D eigenvalue weighted by Crippen LogP contribution is -1.94. The maximum atomic E-state index is 5.09. The van der Waals surface area contributed by atoms with Crippen molar-refractivity contribution in [2.45, 2.75) is 11.7 Å². The Bertz CT molecular complexity index is 297. The van der Waals surface area contributed by atoms with Gasteiger partial charge in [-0.15, -0.1) is 18.1 Å². The summed E-state index contributed by atoms with van der Waals surface area (Å²) in [4.78, 5) is 4.04. The van der Waals surface area contributed by atoms with E-state index in [0.717, 1.165) is 5.16 Å². The van der Waals surface area contributed by atoms with Crippen LogP contribution in [0.4, 0.5) is 0 Å². The van der Waals surface area contributed by atoms with Crippen molar-refractivity contribution in [3.8, 4) is 12.3 Å². The predicted octanol–water partition coefficient (Wildman–Crippen LogP) is 1.19. The van der Waals surface area contributed by atoms with Gasteiger partial charge in [0, 0.05) is 0 Å². The van der Waals surface area contributed by atoms with Crippen LogP contribution in [0.25, 0.3) is 0 Å². The Labute approximate surface area is 75.9 Å². The maximum absolute atomic E-state index is 5.09. The number of allylic oxidation sites excluding steroid dienone is 1. The number of rotatable bonds is 4. The summed E-state index contributed by atoms with van der Waals surface area (Å²) in [6, 6.07) is 0. The predicted molar refractivity (Wildman–Crippen MR) is 49.8 cm³/mol. The summed E-state index contributed by atoms with van der Waals surface area (Å²) in [5.41, 5.74) is 0. The van der Waals surface area contributed by atoms with E-state index in [1.807, 2.05) is 0 Å². The highest BCUT2D eigenvalue weighted by Gasteiger charge is 1.97. The molecule has 0 saturated heterocycles. The zero-order valence-corrected chi connectivity index (χ0v) is 7.42. The molecule has 1 heterocycles. The number of terminal acetylenes is 1. The molecule has 1 aromatic rings. The van der Waals surface area contributed by atoms with E-state index in [2.05, 4.69) is 22.6 Å². The third-order valence-corrected chi connectivity index (χ3v) is 1.87. The van der Waals surface area contributed by atoms with Crippen molar-refractivity contribution in [3.05, 3.63) is 19.0 Å². The monoisotopic (exact) mass is 179 g/mol. The second-order valence-corrected chi connectivity index (χ2v) is 2.97. The molecule has 0 saturated carbocycles. The van der Waals surface area contributed by atoms with Gasteiger partial charge in [0.1, 0.15) is 6.33 Å². The molecular weight excluding hydrogens is 170 g/mol. The van der Waals surface area contributed by atoms with E-state index >= 15 is 0 Å². The van der Waals surface area contributed by atoms with Crippen LogP contribution < -0.4 is 0 Å². The number of hydrogen-bond acceptors (Lipinski definition) is 3. The number of hydrogen-bond donors (Lipinski definition) is 0. The SMILES string of the molecule is C#CCSc1ncn(CC=C)n1. The van der Waals surface area contributed by atoms with E-state index in [4.69, 9.17) is 6.42 Å². The van der Waals surface area contributed by atoms with Gasteiger partial charge in [-0.2, -0.15) is 0 Å². The van der Waals surface area contributed by atoms with Gasteiger partial charge in [0.15, 0.2) is 0 Å². The van der Waals surface area contributed by atoms with Crippen molar-refractivity contribution < 1.29 is 0 Å². The molecule has 0 aliphatic rings. The number of thioether (sulfide) groups is 1. The van der Waals surface area contributed by atoms with Crippen LogP contribution in [0, 0.1) is 12.3 Å². The first-order valence-corrected chi connectivity index (χ1v) is 4.42. The Hall–Kier alpha value is -1.21. The van der Waals surface area contributed by atoms with Crippen molar-refractivity contribution in [2.24, 2.45) is 0 Å². The van der Waals surface area contributed by atoms with Crippen LogP contribution in [0.15, 0.2) is 24.1 Å². The first-order chi connectivity index (χ1) is 5.86. The smallest absolute Gasteiger partial charge is 0.209 e. The van der Waals surface area contributed by atoms with Gasteiger partial charge < -0.3 is 0 Å². The quantitative estimate of drug-likeness (QED) is 0.395. The molecule has 0 amide bonds. The van der Waals surface area contributed by atoms with E-state index < -0.39 is 0 Å². The molecule has 0 aliphatic carbocycles. The fourth-order valence-corrected chi connectivity index (χ4v) is 1.17. The molecule has 1 rings (SSSR count). The molecule has 0 aliphatic heterocycles. The topological polar surface area (TPSA) is 30.7 Å². The molecule has 0 bridgehead atoms. The summed E-state index contributed by atoms with van der Waals surface area (Å²) in [5, 5.41) is 4.86. The van der Waals surface area contributed by atoms with Crippen molar-refractivity contribution >= 4 is 11.8 Å². The van der Waals surface area contributed by atoms with Gasteiger partial charge in [-0.3, -0.25) is 0 Å². The highest BCUT2D eigenvalue weighted by atomic mass is 32.2. The molecule has 1 aromatic heterocycles. The Balaban J connectivity index is 2.53. The van der Waals surface area contributed by atoms with Crippen LogP contribution in [0.2, 0.25) is 0 Å². The lowest BCUT2D eigenvalue weighted by Gasteiger charge is -1.90. The second-order valence-electron chi connectivity index (χ2n) is 2.03. The Morgan fingerprint density at radius 3 is 3.33 bits per heavy atom. The molecule has 0 fully saturated rings. The highest BCUT2D eigenvalue weighted by Crippen LogP contribution is 2.09. The molecule has 62 valence electrons. The molecule has 3 nitrogen and oxygen atoms in total. The highest BCUT2D eigenvalue weighted by molar-refractivity contribution is 7.99. The minimum Gasteiger partial charge on any atom is -0.248 e. The van der Waals surface area contributed by atoms with E-state index in [9.17, 15) is 0 Å². The fraction of sp³-hybridized carbons (Fsp3) is 0.250. The van der Waals surface area contributed by atoms with Crippen LogP contribution in [0.3, 0.4) is 0 Å². The van der Waals surface area contributed by atoms with Gasteiger partial charge in [0.25, 0.3) is 0 Å². The van der Waals surface area contributed by atoms with Crippen molar-refractivity contribution in [1.29, 1.82) is 0 Å². The first-order valence-electron chi connectivity index (χ1n) is 3.43. The summed E-state index contributed by atoms with van der Waals surface area (Å²) in [7, 11) is 0. The molecule has 0 aromatic carbocycles. The van der Waals surface area contributed by atoms with Crippen LogP contribution in [0.1, 0.15) is 0 Å². The average molecular weight is 179 g/mol. The average Bonchev–Trinajstić information content (AvgIpc) is 2.50. The summed E-state index contributed by atoms with van der Waals surface area (Å²) in [6.07, 6.45) is 8.53. The minimum atomic E-state index is 0.609. The van der Waals surface area contributed by atoms with Crippen LogP contribution in [0.5, 0.6) is 0 Å². The van der Waals surface area contributed by atoms with Gasteiger partial charge in [-0.25, -0.2) is 9.67 Å². The molecular formula is C8H9N3S. The first kappa shape index (κ1) is 8.88. The lowest BCUT2D eigenvalue weighted by atomic mass is 10.6. The summed E-state index contributed by atoms with van der Waals surface area (Å²) >= 11 is 1.45. The Morgan fingerprint density at radius 1 is 1.83 bits per heavy atom. The zero-order valence-electron chi connectivity index (χ0n) is 6.60. The van der Waals surface area contributed by atoms with Gasteiger partial charge in [-0.05, 0) is 0 Å². The van der Waals surface area contributed by atoms with Gasteiger partial charge in [0.2, 0.25) is 5.16 Å². The van der Waals surface area contributed by atoms with E-state index in [1.165, 1.54) is 11.8 Å². The summed E-state index contributed by atoms with van der Waals surface area (Å²) in [6.45, 7) is 4.28. The summed E-state index contributed by atoms with van der Waals surface area (Å²) in [5.74, 6) is 3.12. The minimum absolute atomic E-state index is 0.609. The zero-order chi connectivity index (χ0) is 8.81. The molecule has 0 atom stereocenters. The molecule has 0 unspecified atom stereocenters. The third-order valence-electron chi connectivity index (χ3n) is 1.12. The molecule has 12 heavy (non-hydrogen) atoms. The number of nitrogens with zero attached hydrogens (tertiary/aromatic N) is 3. The van der Waals surface area contributed by atoms with E-state index in [0.29, 0.717) is 12.3 Å². The number of aromatic nitrogens is 3. The van der Waals surface area contributed by atoms with Crippen molar-refractivity contribution in [2.75, 3.05) is 5.75 Å². The Kier molecular flexibility index (Phi) is 3.42. The third kappa shape index (κ3) is 2.44. The van der Waals surface area contributed by atoms with E-state index in [-0.39, 0.29) is 0 Å². The fourth-order valence-electron chi connectivity index (χ4n) is 0.670. The lowest BCUT2D eigenvalue weighted by molar-refractivity contribution is 0.680. The van der Waals surface area contributed by atoms with E-state index in [1.54, 1.807) is 17.1 Å². The maximum Gasteiger partial charge on any atom is 0.209 e. The standard InChI is InChI=1S/C8H9N3S/c1-3-5-11-7-9-8(10-11)12-6-4-2/h2-3,7H,1,5-6H2. The Morgan fingerprint density at radius 2 is 2.67 bits per heavy atom. The molecule has 4 heteroatoms. The second kappa shape index (κ2) is 4.62.